The standard InChI is InChI=1S/C12H23NO/c14-10-12(6-2-1-3-7-12)9-13-8-11-4-5-11/h11,13-14H,1-10H2. The summed E-state index contributed by atoms with van der Waals surface area (Å²) < 4.78 is 0. The van der Waals surface area contributed by atoms with Gasteiger partial charge in [0.15, 0.2) is 0 Å². The van der Waals surface area contributed by atoms with Gasteiger partial charge in [0.2, 0.25) is 0 Å². The molecule has 2 N–H and O–H groups in total. The Morgan fingerprint density at radius 2 is 1.86 bits per heavy atom. The van der Waals surface area contributed by atoms with Crippen LogP contribution in [0.2, 0.25) is 0 Å². The van der Waals surface area contributed by atoms with Gasteiger partial charge >= 0.3 is 0 Å². The highest BCUT2D eigenvalue weighted by Gasteiger charge is 2.31. The van der Waals surface area contributed by atoms with Crippen molar-refractivity contribution in [2.24, 2.45) is 11.3 Å². The van der Waals surface area contributed by atoms with Gasteiger partial charge in [0.25, 0.3) is 0 Å². The predicted molar refractivity (Wildman–Crippen MR) is 58.2 cm³/mol. The van der Waals surface area contributed by atoms with Crippen LogP contribution in [0.1, 0.15) is 44.9 Å². The lowest BCUT2D eigenvalue weighted by molar-refractivity contribution is 0.0812. The van der Waals surface area contributed by atoms with Crippen LogP contribution in [0, 0.1) is 11.3 Å². The van der Waals surface area contributed by atoms with Crippen LogP contribution < -0.4 is 5.32 Å². The summed E-state index contributed by atoms with van der Waals surface area (Å²) in [5.74, 6) is 0.953. The van der Waals surface area contributed by atoms with Gasteiger partial charge in [0, 0.05) is 18.6 Å². The molecule has 2 nitrogen and oxygen atoms in total. The number of aliphatic hydroxyl groups excluding tert-OH is 1. The Kier molecular flexibility index (Phi) is 3.45. The van der Waals surface area contributed by atoms with E-state index >= 15 is 0 Å². The topological polar surface area (TPSA) is 32.3 Å². The van der Waals surface area contributed by atoms with E-state index in [-0.39, 0.29) is 5.41 Å². The minimum absolute atomic E-state index is 0.229. The second-order valence-electron chi connectivity index (χ2n) is 5.29. The van der Waals surface area contributed by atoms with E-state index in [2.05, 4.69) is 5.32 Å². The van der Waals surface area contributed by atoms with Crippen LogP contribution in [-0.2, 0) is 0 Å². The maximum absolute atomic E-state index is 9.48. The molecule has 14 heavy (non-hydrogen) atoms. The monoisotopic (exact) mass is 197 g/mol. The fourth-order valence-electron chi connectivity index (χ4n) is 2.56. The average molecular weight is 197 g/mol. The van der Waals surface area contributed by atoms with Crippen LogP contribution in [0.5, 0.6) is 0 Å². The summed E-state index contributed by atoms with van der Waals surface area (Å²) in [4.78, 5) is 0. The Morgan fingerprint density at radius 3 is 2.43 bits per heavy atom. The molecule has 2 rings (SSSR count). The molecule has 82 valence electrons. The van der Waals surface area contributed by atoms with E-state index in [0.717, 1.165) is 12.5 Å². The van der Waals surface area contributed by atoms with Crippen molar-refractivity contribution in [1.29, 1.82) is 0 Å². The molecular weight excluding hydrogens is 174 g/mol. The summed E-state index contributed by atoms with van der Waals surface area (Å²) in [5.41, 5.74) is 0.229. The van der Waals surface area contributed by atoms with Crippen LogP contribution in [0.3, 0.4) is 0 Å². The Hall–Kier alpha value is -0.0800. The number of aliphatic hydroxyl groups is 1. The fourth-order valence-corrected chi connectivity index (χ4v) is 2.56. The van der Waals surface area contributed by atoms with Gasteiger partial charge in [-0.25, -0.2) is 0 Å². The van der Waals surface area contributed by atoms with E-state index in [0.29, 0.717) is 6.61 Å². The second-order valence-corrected chi connectivity index (χ2v) is 5.29. The first kappa shape index (κ1) is 10.4. The first-order valence-corrected chi connectivity index (χ1v) is 6.16. The number of hydrogen-bond acceptors (Lipinski definition) is 2. The first-order chi connectivity index (χ1) is 6.85. The molecule has 0 heterocycles. The molecule has 0 spiro atoms. The Morgan fingerprint density at radius 1 is 1.14 bits per heavy atom. The van der Waals surface area contributed by atoms with Crippen LogP contribution in [0.25, 0.3) is 0 Å². The molecule has 2 aliphatic rings. The highest BCUT2D eigenvalue weighted by molar-refractivity contribution is 4.85. The third-order valence-corrected chi connectivity index (χ3v) is 3.88. The van der Waals surface area contributed by atoms with E-state index in [1.54, 1.807) is 0 Å². The molecule has 0 atom stereocenters. The Labute approximate surface area is 87.1 Å². The minimum atomic E-state index is 0.229. The molecule has 0 aromatic heterocycles. The van der Waals surface area contributed by atoms with Crippen molar-refractivity contribution in [1.82, 2.24) is 5.32 Å². The highest BCUT2D eigenvalue weighted by Crippen LogP contribution is 2.35. The largest absolute Gasteiger partial charge is 0.396 e. The van der Waals surface area contributed by atoms with Crippen molar-refractivity contribution in [3.8, 4) is 0 Å². The van der Waals surface area contributed by atoms with Gasteiger partial charge in [-0.15, -0.1) is 0 Å². The van der Waals surface area contributed by atoms with Gasteiger partial charge in [0.1, 0.15) is 0 Å². The number of hydrogen-bond donors (Lipinski definition) is 2. The fraction of sp³-hybridized carbons (Fsp3) is 1.00. The molecule has 2 saturated carbocycles. The van der Waals surface area contributed by atoms with Crippen molar-refractivity contribution in [3.63, 3.8) is 0 Å². The third kappa shape index (κ3) is 2.71. The van der Waals surface area contributed by atoms with Crippen molar-refractivity contribution in [2.45, 2.75) is 44.9 Å². The van der Waals surface area contributed by atoms with Crippen molar-refractivity contribution < 1.29 is 5.11 Å². The van der Waals surface area contributed by atoms with E-state index in [1.807, 2.05) is 0 Å². The normalized spacial score (nSPS) is 26.4. The molecule has 0 aliphatic heterocycles. The summed E-state index contributed by atoms with van der Waals surface area (Å²) in [5, 5.41) is 13.0. The molecule has 2 heteroatoms. The molecule has 0 amide bonds. The van der Waals surface area contributed by atoms with Gasteiger partial charge in [-0.3, -0.25) is 0 Å². The van der Waals surface area contributed by atoms with E-state index in [9.17, 15) is 5.11 Å². The van der Waals surface area contributed by atoms with Crippen molar-refractivity contribution in [2.75, 3.05) is 19.7 Å². The van der Waals surface area contributed by atoms with E-state index in [1.165, 1.54) is 51.5 Å². The molecule has 0 aromatic rings. The summed E-state index contributed by atoms with van der Waals surface area (Å²) >= 11 is 0. The lowest BCUT2D eigenvalue weighted by Gasteiger charge is -2.35. The predicted octanol–water partition coefficient (Wildman–Crippen LogP) is 1.93. The van der Waals surface area contributed by atoms with E-state index < -0.39 is 0 Å². The van der Waals surface area contributed by atoms with Crippen LogP contribution in [-0.4, -0.2) is 24.8 Å². The highest BCUT2D eigenvalue weighted by atomic mass is 16.3. The molecule has 0 aromatic carbocycles. The number of nitrogens with one attached hydrogen (secondary N) is 1. The number of rotatable bonds is 5. The molecule has 0 saturated heterocycles. The molecule has 0 bridgehead atoms. The SMILES string of the molecule is OCC1(CNCC2CC2)CCCCC1. The lowest BCUT2D eigenvalue weighted by atomic mass is 9.74. The first-order valence-electron chi connectivity index (χ1n) is 6.16. The Balaban J connectivity index is 1.71. The molecule has 2 aliphatic carbocycles. The average Bonchev–Trinajstić information content (AvgIpc) is 3.03. The summed E-state index contributed by atoms with van der Waals surface area (Å²) in [6, 6.07) is 0. The van der Waals surface area contributed by atoms with E-state index in [4.69, 9.17) is 0 Å². The van der Waals surface area contributed by atoms with Crippen LogP contribution in [0.15, 0.2) is 0 Å². The summed E-state index contributed by atoms with van der Waals surface area (Å²) in [6.07, 6.45) is 9.27. The minimum Gasteiger partial charge on any atom is -0.396 e. The zero-order valence-electron chi connectivity index (χ0n) is 9.10. The second kappa shape index (κ2) is 4.63. The summed E-state index contributed by atoms with van der Waals surface area (Å²) in [7, 11) is 0. The molecule has 2 fully saturated rings. The van der Waals surface area contributed by atoms with Gasteiger partial charge in [-0.05, 0) is 38.1 Å². The van der Waals surface area contributed by atoms with Gasteiger partial charge in [-0.1, -0.05) is 19.3 Å². The van der Waals surface area contributed by atoms with Crippen molar-refractivity contribution >= 4 is 0 Å². The Bertz CT molecular complexity index is 171. The van der Waals surface area contributed by atoms with Crippen molar-refractivity contribution in [3.05, 3.63) is 0 Å². The smallest absolute Gasteiger partial charge is 0.0499 e. The maximum atomic E-state index is 9.48. The maximum Gasteiger partial charge on any atom is 0.0499 e. The van der Waals surface area contributed by atoms with Crippen LogP contribution >= 0.6 is 0 Å². The zero-order chi connectivity index (χ0) is 9.86. The molecular formula is C12H23NO. The van der Waals surface area contributed by atoms with Crippen LogP contribution in [0.4, 0.5) is 0 Å². The third-order valence-electron chi connectivity index (χ3n) is 3.88. The molecule has 0 unspecified atom stereocenters. The van der Waals surface area contributed by atoms with Gasteiger partial charge in [-0.2, -0.15) is 0 Å². The van der Waals surface area contributed by atoms with Gasteiger partial charge < -0.3 is 10.4 Å². The zero-order valence-corrected chi connectivity index (χ0v) is 9.10. The van der Waals surface area contributed by atoms with Gasteiger partial charge in [0.05, 0.1) is 0 Å². The lowest BCUT2D eigenvalue weighted by Crippen LogP contribution is -2.39. The summed E-state index contributed by atoms with van der Waals surface area (Å²) in [6.45, 7) is 2.60. The quantitative estimate of drug-likeness (QED) is 0.706. The molecule has 0 radical (unpaired) electrons.